The van der Waals surface area contributed by atoms with E-state index in [2.05, 4.69) is 41.5 Å². The summed E-state index contributed by atoms with van der Waals surface area (Å²) in [5.74, 6) is -0.583. The molecule has 0 saturated heterocycles. The Labute approximate surface area is 613 Å². The predicted octanol–water partition coefficient (Wildman–Crippen LogP) is 24.3. The Morgan fingerprint density at radius 2 is 0.510 bits per heavy atom. The van der Waals surface area contributed by atoms with Crippen LogP contribution in [-0.4, -0.2) is 96.7 Å². The molecule has 0 fully saturated rings. The molecule has 0 bridgehead atoms. The summed E-state index contributed by atoms with van der Waals surface area (Å²) in [6.07, 6.45) is 62.7. The number of hydrogen-bond acceptors (Lipinski definition) is 15. The monoisotopic (exact) mass is 1470 g/mol. The van der Waals surface area contributed by atoms with E-state index in [0.29, 0.717) is 31.6 Å². The average Bonchev–Trinajstić information content (AvgIpc) is 1.00. The second-order valence-electron chi connectivity index (χ2n) is 29.9. The summed E-state index contributed by atoms with van der Waals surface area (Å²) in [4.78, 5) is 72.9. The van der Waals surface area contributed by atoms with Gasteiger partial charge in [-0.05, 0) is 37.5 Å². The highest BCUT2D eigenvalue weighted by Crippen LogP contribution is 2.45. The van der Waals surface area contributed by atoms with Crippen LogP contribution in [0.3, 0.4) is 0 Å². The zero-order valence-electron chi connectivity index (χ0n) is 65.5. The molecular weight excluding hydrogens is 1310 g/mol. The molecule has 0 amide bonds. The molecule has 0 aliphatic carbocycles. The number of phosphoric acid groups is 2. The Morgan fingerprint density at radius 3 is 0.760 bits per heavy atom. The van der Waals surface area contributed by atoms with Crippen LogP contribution in [0, 0.1) is 11.8 Å². The third kappa shape index (κ3) is 73.0. The second kappa shape index (κ2) is 72.6. The highest BCUT2D eigenvalue weighted by Gasteiger charge is 2.30. The van der Waals surface area contributed by atoms with E-state index in [4.69, 9.17) is 37.0 Å². The van der Waals surface area contributed by atoms with Crippen molar-refractivity contribution in [2.75, 3.05) is 39.6 Å². The van der Waals surface area contributed by atoms with Gasteiger partial charge in [0.1, 0.15) is 19.3 Å². The second-order valence-corrected chi connectivity index (χ2v) is 32.8. The highest BCUT2D eigenvalue weighted by molar-refractivity contribution is 7.47. The van der Waals surface area contributed by atoms with E-state index >= 15 is 0 Å². The molecule has 0 heterocycles. The van der Waals surface area contributed by atoms with E-state index < -0.39 is 97.5 Å². The van der Waals surface area contributed by atoms with Crippen LogP contribution < -0.4 is 0 Å². The van der Waals surface area contributed by atoms with Crippen molar-refractivity contribution in [3.63, 3.8) is 0 Å². The van der Waals surface area contributed by atoms with Crippen LogP contribution in [0.4, 0.5) is 0 Å². The number of aliphatic hydroxyl groups is 1. The Morgan fingerprint density at radius 1 is 0.290 bits per heavy atom. The average molecular weight is 1470 g/mol. The van der Waals surface area contributed by atoms with Crippen molar-refractivity contribution in [1.29, 1.82) is 0 Å². The lowest BCUT2D eigenvalue weighted by atomic mass is 9.99. The number of aliphatic hydroxyl groups excluding tert-OH is 1. The first-order chi connectivity index (χ1) is 48.4. The number of carbonyl (C=O) groups excluding carboxylic acids is 4. The number of unbranched alkanes of at least 4 members (excludes halogenated alkanes) is 49. The molecule has 0 aliphatic heterocycles. The molecule has 0 spiro atoms. The number of rotatable bonds is 80. The Hall–Kier alpha value is -1.94. The maximum Gasteiger partial charge on any atom is 0.472 e. The standard InChI is InChI=1S/C81H158O17P2/c1-7-10-12-14-16-18-20-21-22-23-24-25-26-27-28-29-34-38-42-46-54-60-66-81(86)97-76(69-91-78(83)63-57-51-44-40-37-33-31-30-32-36-39-43-50-56-62-74(6)9-3)71-95-99(87,88)93-67-75(82)68-94-100(89,90)96-72-77(70-92-79(84)64-58-52-48-47-49-55-61-73(4)5)98-80(85)65-59-53-45-41-35-19-17-15-13-11-8-2/h73-77,82H,7-72H2,1-6H3,(H,87,88)(H,89,90)/t74?,75-,76-,77-/m1/s1. The summed E-state index contributed by atoms with van der Waals surface area (Å²) in [6.45, 7) is 9.59. The number of ether oxygens (including phenoxy) is 4. The lowest BCUT2D eigenvalue weighted by Crippen LogP contribution is -2.30. The summed E-state index contributed by atoms with van der Waals surface area (Å²) in [7, 11) is -9.92. The van der Waals surface area contributed by atoms with Crippen molar-refractivity contribution >= 4 is 39.5 Å². The largest absolute Gasteiger partial charge is 0.472 e. The van der Waals surface area contributed by atoms with E-state index in [1.165, 1.54) is 238 Å². The SMILES string of the molecule is CCCCCCCCCCCCCCCCCCCCCCCCC(=O)O[C@H](COC(=O)CCCCCCCCCCCCCCCCC(C)CC)COP(=O)(O)OC[C@@H](O)COP(=O)(O)OC[C@@H](COC(=O)CCCCCCCCC(C)C)OC(=O)CCCCCCCCCCCCC. The molecule has 0 aromatic heterocycles. The summed E-state index contributed by atoms with van der Waals surface area (Å²) < 4.78 is 68.6. The molecule has 0 saturated carbocycles. The first-order valence-electron chi connectivity index (χ1n) is 42.0. The molecule has 0 radical (unpaired) electrons. The Bertz CT molecular complexity index is 1930. The summed E-state index contributed by atoms with van der Waals surface area (Å²) in [6, 6.07) is 0. The van der Waals surface area contributed by atoms with Gasteiger partial charge in [-0.3, -0.25) is 37.3 Å². The van der Waals surface area contributed by atoms with Crippen LogP contribution in [0.25, 0.3) is 0 Å². The van der Waals surface area contributed by atoms with Crippen LogP contribution in [0.1, 0.15) is 427 Å². The topological polar surface area (TPSA) is 237 Å². The molecule has 0 aromatic carbocycles. The van der Waals surface area contributed by atoms with Crippen molar-refractivity contribution in [3.8, 4) is 0 Å². The van der Waals surface area contributed by atoms with Crippen LogP contribution >= 0.6 is 15.6 Å². The summed E-state index contributed by atoms with van der Waals surface area (Å²) >= 11 is 0. The van der Waals surface area contributed by atoms with Crippen molar-refractivity contribution in [3.05, 3.63) is 0 Å². The van der Waals surface area contributed by atoms with Gasteiger partial charge in [0.15, 0.2) is 12.2 Å². The fraction of sp³-hybridized carbons (Fsp3) is 0.951. The highest BCUT2D eigenvalue weighted by atomic mass is 31.2. The van der Waals surface area contributed by atoms with Gasteiger partial charge < -0.3 is 33.8 Å². The minimum absolute atomic E-state index is 0.106. The Balaban J connectivity index is 5.18. The van der Waals surface area contributed by atoms with E-state index in [9.17, 15) is 43.2 Å². The van der Waals surface area contributed by atoms with Crippen molar-refractivity contribution in [1.82, 2.24) is 0 Å². The first kappa shape index (κ1) is 98.1. The van der Waals surface area contributed by atoms with E-state index in [-0.39, 0.29) is 25.7 Å². The van der Waals surface area contributed by atoms with Crippen LogP contribution in [0.2, 0.25) is 0 Å². The molecule has 3 unspecified atom stereocenters. The molecule has 0 rings (SSSR count). The minimum Gasteiger partial charge on any atom is -0.462 e. The number of carbonyl (C=O) groups is 4. The Kier molecular flexibility index (Phi) is 71.2. The van der Waals surface area contributed by atoms with Gasteiger partial charge in [0.2, 0.25) is 0 Å². The zero-order chi connectivity index (χ0) is 73.5. The lowest BCUT2D eigenvalue weighted by molar-refractivity contribution is -0.161. The first-order valence-corrected chi connectivity index (χ1v) is 45.0. The molecule has 3 N–H and O–H groups in total. The predicted molar refractivity (Wildman–Crippen MR) is 409 cm³/mol. The molecule has 0 aromatic rings. The summed E-state index contributed by atoms with van der Waals surface area (Å²) in [5.41, 5.74) is 0. The molecule has 6 atom stereocenters. The van der Waals surface area contributed by atoms with Gasteiger partial charge >= 0.3 is 39.5 Å². The summed E-state index contributed by atoms with van der Waals surface area (Å²) in [5, 5.41) is 10.6. The molecular formula is C81H158O17P2. The van der Waals surface area contributed by atoms with Gasteiger partial charge in [-0.2, -0.15) is 0 Å². The van der Waals surface area contributed by atoms with E-state index in [0.717, 1.165) is 102 Å². The van der Waals surface area contributed by atoms with Gasteiger partial charge in [-0.15, -0.1) is 0 Å². The van der Waals surface area contributed by atoms with Gasteiger partial charge in [0, 0.05) is 25.7 Å². The number of hydrogen-bond donors (Lipinski definition) is 3. The van der Waals surface area contributed by atoms with Crippen LogP contribution in [-0.2, 0) is 65.4 Å². The maximum absolute atomic E-state index is 13.1. The van der Waals surface area contributed by atoms with Crippen LogP contribution in [0.5, 0.6) is 0 Å². The fourth-order valence-electron chi connectivity index (χ4n) is 12.5. The molecule has 100 heavy (non-hydrogen) atoms. The van der Waals surface area contributed by atoms with Crippen molar-refractivity contribution in [2.45, 2.75) is 445 Å². The molecule has 17 nitrogen and oxygen atoms in total. The maximum atomic E-state index is 13.1. The molecule has 19 heteroatoms. The van der Waals surface area contributed by atoms with Crippen molar-refractivity contribution in [2.24, 2.45) is 11.8 Å². The molecule has 0 aliphatic rings. The normalized spacial score (nSPS) is 14.2. The van der Waals surface area contributed by atoms with E-state index in [1.54, 1.807) is 0 Å². The number of esters is 4. The lowest BCUT2D eigenvalue weighted by Gasteiger charge is -2.21. The quantitative estimate of drug-likeness (QED) is 0.0222. The smallest absolute Gasteiger partial charge is 0.462 e. The van der Waals surface area contributed by atoms with Gasteiger partial charge in [0.05, 0.1) is 26.4 Å². The third-order valence-electron chi connectivity index (χ3n) is 19.3. The van der Waals surface area contributed by atoms with Crippen LogP contribution in [0.15, 0.2) is 0 Å². The fourth-order valence-corrected chi connectivity index (χ4v) is 14.1. The van der Waals surface area contributed by atoms with Gasteiger partial charge in [-0.1, -0.05) is 375 Å². The number of phosphoric ester groups is 2. The zero-order valence-corrected chi connectivity index (χ0v) is 67.3. The van der Waals surface area contributed by atoms with Gasteiger partial charge in [0.25, 0.3) is 0 Å². The van der Waals surface area contributed by atoms with Crippen molar-refractivity contribution < 1.29 is 80.2 Å². The minimum atomic E-state index is -4.96. The third-order valence-corrected chi connectivity index (χ3v) is 21.2. The van der Waals surface area contributed by atoms with Gasteiger partial charge in [-0.25, -0.2) is 9.13 Å². The van der Waals surface area contributed by atoms with E-state index in [1.807, 2.05) is 0 Å². The molecule has 594 valence electrons.